The summed E-state index contributed by atoms with van der Waals surface area (Å²) in [5, 5.41) is 11.2. The zero-order valence-electron chi connectivity index (χ0n) is 23.7. The second-order valence-corrected chi connectivity index (χ2v) is 10.8. The monoisotopic (exact) mass is 529 g/mol. The van der Waals surface area contributed by atoms with Gasteiger partial charge < -0.3 is 19.9 Å². The Morgan fingerprint density at radius 3 is 2.33 bits per heavy atom. The highest BCUT2D eigenvalue weighted by Crippen LogP contribution is 2.31. The van der Waals surface area contributed by atoms with Crippen molar-refractivity contribution >= 4 is 17.6 Å². The first kappa shape index (κ1) is 28.1. The lowest BCUT2D eigenvalue weighted by atomic mass is 9.84. The fourth-order valence-electron chi connectivity index (χ4n) is 4.55. The number of carbonyl (C=O) groups excluding carboxylic acids is 2. The van der Waals surface area contributed by atoms with Gasteiger partial charge in [0.15, 0.2) is 11.5 Å². The number of nitrogens with one attached hydrogen (secondary N) is 1. The van der Waals surface area contributed by atoms with Crippen molar-refractivity contribution in [2.75, 3.05) is 44.2 Å². The Kier molecular flexibility index (Phi) is 8.84. The number of anilines is 1. The number of ether oxygens (including phenoxy) is 1. The van der Waals surface area contributed by atoms with Crippen LogP contribution in [0.3, 0.4) is 0 Å². The first-order valence-electron chi connectivity index (χ1n) is 13.7. The van der Waals surface area contributed by atoms with Crippen LogP contribution in [0.25, 0.3) is 11.1 Å². The molecule has 0 atom stereocenters. The molecule has 1 N–H and O–H groups in total. The van der Waals surface area contributed by atoms with Crippen LogP contribution in [0.5, 0.6) is 5.75 Å². The van der Waals surface area contributed by atoms with E-state index in [0.717, 1.165) is 28.9 Å². The van der Waals surface area contributed by atoms with E-state index in [1.807, 2.05) is 55.1 Å². The second-order valence-electron chi connectivity index (χ2n) is 10.8. The van der Waals surface area contributed by atoms with Gasteiger partial charge in [0, 0.05) is 38.3 Å². The topological polar surface area (TPSA) is 87.7 Å². The van der Waals surface area contributed by atoms with Crippen LogP contribution in [0.15, 0.2) is 54.6 Å². The summed E-state index contributed by atoms with van der Waals surface area (Å²) in [7, 11) is 0. The number of rotatable bonds is 8. The molecule has 0 unspecified atom stereocenters. The van der Waals surface area contributed by atoms with E-state index in [1.165, 1.54) is 0 Å². The Morgan fingerprint density at radius 2 is 1.69 bits per heavy atom. The lowest BCUT2D eigenvalue weighted by Crippen LogP contribution is -2.49. The van der Waals surface area contributed by atoms with Crippen LogP contribution in [-0.4, -0.2) is 66.2 Å². The molecule has 8 heteroatoms. The summed E-state index contributed by atoms with van der Waals surface area (Å²) in [6, 6.07) is 17.7. The number of piperazine rings is 1. The summed E-state index contributed by atoms with van der Waals surface area (Å²) in [4.78, 5) is 29.8. The van der Waals surface area contributed by atoms with Gasteiger partial charge in [-0.3, -0.25) is 9.59 Å². The minimum Gasteiger partial charge on any atom is -0.494 e. The predicted molar refractivity (Wildman–Crippen MR) is 155 cm³/mol. The molecule has 1 aliphatic rings. The van der Waals surface area contributed by atoms with Crippen molar-refractivity contribution in [2.45, 2.75) is 46.5 Å². The molecule has 4 rings (SSSR count). The molecule has 2 aromatic carbocycles. The van der Waals surface area contributed by atoms with E-state index in [2.05, 4.69) is 53.3 Å². The Balaban J connectivity index is 1.49. The third kappa shape index (κ3) is 6.93. The van der Waals surface area contributed by atoms with Crippen LogP contribution in [0, 0.1) is 0 Å². The molecule has 1 aromatic heterocycles. The van der Waals surface area contributed by atoms with Gasteiger partial charge in [-0.15, -0.1) is 10.2 Å². The third-order valence-corrected chi connectivity index (χ3v) is 6.83. The molecule has 3 aromatic rings. The van der Waals surface area contributed by atoms with Crippen LogP contribution in [0.4, 0.5) is 5.82 Å². The summed E-state index contributed by atoms with van der Waals surface area (Å²) in [5.41, 5.74) is 4.03. The van der Waals surface area contributed by atoms with Crippen molar-refractivity contribution in [3.05, 3.63) is 71.4 Å². The van der Waals surface area contributed by atoms with E-state index >= 15 is 0 Å². The highest BCUT2D eigenvalue weighted by atomic mass is 16.5. The van der Waals surface area contributed by atoms with Gasteiger partial charge in [-0.25, -0.2) is 0 Å². The molecule has 1 fully saturated rings. The van der Waals surface area contributed by atoms with Gasteiger partial charge in [0.05, 0.1) is 6.61 Å². The highest BCUT2D eigenvalue weighted by molar-refractivity contribution is 5.96. The van der Waals surface area contributed by atoms with E-state index in [9.17, 15) is 9.59 Å². The van der Waals surface area contributed by atoms with Crippen LogP contribution in [0.2, 0.25) is 0 Å². The normalized spacial score (nSPS) is 13.8. The van der Waals surface area contributed by atoms with Gasteiger partial charge in [0.2, 0.25) is 0 Å². The highest BCUT2D eigenvalue weighted by Gasteiger charge is 2.25. The summed E-state index contributed by atoms with van der Waals surface area (Å²) in [6.45, 7) is 14.1. The molecular formula is C31H39N5O3. The zero-order chi connectivity index (χ0) is 28.0. The molecule has 0 aliphatic carbocycles. The summed E-state index contributed by atoms with van der Waals surface area (Å²) in [6.07, 6.45) is 0.864. The lowest BCUT2D eigenvalue weighted by Gasteiger charge is -2.35. The standard InChI is InChI=1S/C31H39N5O3/c1-6-13-32-29(37)27-11-12-28(34-33-27)35-14-16-36(17-15-35)30(38)24-18-23(19-25(20-24)31(3,4)5)22-9-8-10-26(21-22)39-7-2/h8-12,18-21H,6-7,13-17H2,1-5H3,(H,32,37). The quantitative estimate of drug-likeness (QED) is 0.445. The molecule has 0 radical (unpaired) electrons. The first-order chi connectivity index (χ1) is 18.7. The predicted octanol–water partition coefficient (Wildman–Crippen LogP) is 4.94. The van der Waals surface area contributed by atoms with Gasteiger partial charge >= 0.3 is 0 Å². The number of hydrogen-bond donors (Lipinski definition) is 1. The van der Waals surface area contributed by atoms with Crippen LogP contribution in [-0.2, 0) is 5.41 Å². The maximum atomic E-state index is 13.7. The number of amides is 2. The summed E-state index contributed by atoms with van der Waals surface area (Å²) >= 11 is 0. The van der Waals surface area contributed by atoms with E-state index < -0.39 is 0 Å². The van der Waals surface area contributed by atoms with Gasteiger partial charge in [-0.05, 0) is 71.8 Å². The Bertz CT molecular complexity index is 1290. The van der Waals surface area contributed by atoms with Crippen molar-refractivity contribution in [1.82, 2.24) is 20.4 Å². The Hall–Kier alpha value is -3.94. The molecule has 2 heterocycles. The molecule has 0 bridgehead atoms. The molecule has 8 nitrogen and oxygen atoms in total. The van der Waals surface area contributed by atoms with Gasteiger partial charge in [0.25, 0.3) is 11.8 Å². The van der Waals surface area contributed by atoms with Gasteiger partial charge in [0.1, 0.15) is 5.75 Å². The number of carbonyl (C=O) groups is 2. The molecule has 0 spiro atoms. The molecule has 206 valence electrons. The van der Waals surface area contributed by atoms with Gasteiger partial charge in [-0.2, -0.15) is 0 Å². The fraction of sp³-hybridized carbons (Fsp3) is 0.419. The number of hydrogen-bond acceptors (Lipinski definition) is 6. The summed E-state index contributed by atoms with van der Waals surface area (Å²) < 4.78 is 5.71. The van der Waals surface area contributed by atoms with Crippen LogP contribution < -0.4 is 15.0 Å². The smallest absolute Gasteiger partial charge is 0.271 e. The molecule has 2 amide bonds. The fourth-order valence-corrected chi connectivity index (χ4v) is 4.55. The van der Waals surface area contributed by atoms with Crippen molar-refractivity contribution in [3.8, 4) is 16.9 Å². The van der Waals surface area contributed by atoms with Gasteiger partial charge in [-0.1, -0.05) is 45.9 Å². The molecular weight excluding hydrogens is 490 g/mol. The van der Waals surface area contributed by atoms with Crippen molar-refractivity contribution in [3.63, 3.8) is 0 Å². The van der Waals surface area contributed by atoms with Crippen LogP contribution >= 0.6 is 0 Å². The average Bonchev–Trinajstić information content (AvgIpc) is 2.95. The third-order valence-electron chi connectivity index (χ3n) is 6.83. The largest absolute Gasteiger partial charge is 0.494 e. The average molecular weight is 530 g/mol. The SMILES string of the molecule is CCCNC(=O)c1ccc(N2CCN(C(=O)c3cc(-c4cccc(OCC)c4)cc(C(C)(C)C)c3)CC2)nn1. The van der Waals surface area contributed by atoms with E-state index in [0.29, 0.717) is 56.4 Å². The zero-order valence-corrected chi connectivity index (χ0v) is 23.7. The Labute approximate surface area is 231 Å². The van der Waals surface area contributed by atoms with E-state index in [4.69, 9.17) is 4.74 Å². The first-order valence-corrected chi connectivity index (χ1v) is 13.7. The van der Waals surface area contributed by atoms with Crippen molar-refractivity contribution in [2.24, 2.45) is 0 Å². The molecule has 1 aliphatic heterocycles. The summed E-state index contributed by atoms with van der Waals surface area (Å²) in [5.74, 6) is 1.34. The number of benzene rings is 2. The minimum atomic E-state index is -0.215. The maximum Gasteiger partial charge on any atom is 0.271 e. The second kappa shape index (κ2) is 12.3. The Morgan fingerprint density at radius 1 is 0.923 bits per heavy atom. The van der Waals surface area contributed by atoms with E-state index in [-0.39, 0.29) is 17.2 Å². The molecule has 0 saturated carbocycles. The number of aromatic nitrogens is 2. The minimum absolute atomic E-state index is 0.0250. The van der Waals surface area contributed by atoms with Crippen molar-refractivity contribution < 1.29 is 14.3 Å². The molecule has 39 heavy (non-hydrogen) atoms. The van der Waals surface area contributed by atoms with Crippen molar-refractivity contribution in [1.29, 1.82) is 0 Å². The van der Waals surface area contributed by atoms with Crippen LogP contribution in [0.1, 0.15) is 67.4 Å². The lowest BCUT2D eigenvalue weighted by molar-refractivity contribution is 0.0746. The van der Waals surface area contributed by atoms with E-state index in [1.54, 1.807) is 6.07 Å². The maximum absolute atomic E-state index is 13.7. The number of nitrogens with zero attached hydrogens (tertiary/aromatic N) is 4. The molecule has 1 saturated heterocycles.